The maximum Gasteiger partial charge on any atom is 0.161 e. The third-order valence-corrected chi connectivity index (χ3v) is 4.40. The van der Waals surface area contributed by atoms with Gasteiger partial charge in [0.2, 0.25) is 0 Å². The predicted molar refractivity (Wildman–Crippen MR) is 97.1 cm³/mol. The number of benzene rings is 2. The van der Waals surface area contributed by atoms with Crippen LogP contribution in [0.2, 0.25) is 5.02 Å². The summed E-state index contributed by atoms with van der Waals surface area (Å²) in [4.78, 5) is 0. The molecule has 2 unspecified atom stereocenters. The van der Waals surface area contributed by atoms with Gasteiger partial charge in [0.05, 0.1) is 26.9 Å². The van der Waals surface area contributed by atoms with Gasteiger partial charge in [-0.15, -0.1) is 0 Å². The van der Waals surface area contributed by atoms with Gasteiger partial charge in [-0.05, 0) is 54.8 Å². The Bertz CT molecular complexity index is 673. The molecule has 0 spiro atoms. The van der Waals surface area contributed by atoms with Crippen LogP contribution in [0, 0.1) is 6.92 Å². The lowest BCUT2D eigenvalue weighted by Gasteiger charge is -2.24. The van der Waals surface area contributed by atoms with Crippen molar-refractivity contribution in [2.24, 2.45) is 0 Å². The van der Waals surface area contributed by atoms with Gasteiger partial charge in [-0.2, -0.15) is 0 Å². The molecule has 0 amide bonds. The summed E-state index contributed by atoms with van der Waals surface area (Å²) >= 11 is 5.94. The highest BCUT2D eigenvalue weighted by atomic mass is 35.5. The molecule has 0 aliphatic heterocycles. The molecule has 0 aromatic heterocycles. The molecule has 0 fully saturated rings. The van der Waals surface area contributed by atoms with E-state index in [2.05, 4.69) is 12.2 Å². The predicted octanol–water partition coefficient (Wildman–Crippen LogP) is 4.05. The van der Waals surface area contributed by atoms with Crippen molar-refractivity contribution in [3.8, 4) is 11.5 Å². The van der Waals surface area contributed by atoms with E-state index < -0.39 is 0 Å². The molecule has 2 N–H and O–H groups in total. The maximum absolute atomic E-state index is 9.76. The average Bonchev–Trinajstić information content (AvgIpc) is 2.59. The van der Waals surface area contributed by atoms with Crippen molar-refractivity contribution in [3.63, 3.8) is 0 Å². The number of hydrogen-bond donors (Lipinski definition) is 2. The summed E-state index contributed by atoms with van der Waals surface area (Å²) in [5, 5.41) is 13.9. The van der Waals surface area contributed by atoms with E-state index in [1.165, 1.54) is 0 Å². The number of ether oxygens (including phenoxy) is 2. The van der Waals surface area contributed by atoms with Crippen molar-refractivity contribution in [2.75, 3.05) is 20.8 Å². The Morgan fingerprint density at radius 2 is 1.67 bits per heavy atom. The fraction of sp³-hybridized carbons (Fsp3) is 0.368. The largest absolute Gasteiger partial charge is 0.493 e. The Hall–Kier alpha value is -1.75. The molecule has 130 valence electrons. The number of nitrogens with one attached hydrogen (secondary N) is 1. The Kier molecular flexibility index (Phi) is 6.49. The maximum atomic E-state index is 9.76. The van der Waals surface area contributed by atoms with E-state index in [0.29, 0.717) is 16.5 Å². The van der Waals surface area contributed by atoms with Gasteiger partial charge >= 0.3 is 0 Å². The lowest BCUT2D eigenvalue weighted by molar-refractivity contribution is 0.235. The Morgan fingerprint density at radius 3 is 2.21 bits per heavy atom. The fourth-order valence-corrected chi connectivity index (χ4v) is 2.93. The Labute approximate surface area is 148 Å². The quantitative estimate of drug-likeness (QED) is 0.791. The van der Waals surface area contributed by atoms with Gasteiger partial charge in [0.15, 0.2) is 11.5 Å². The molecule has 0 saturated carbocycles. The second-order valence-corrected chi connectivity index (χ2v) is 6.18. The lowest BCUT2D eigenvalue weighted by atomic mass is 9.99. The monoisotopic (exact) mass is 349 g/mol. The molecule has 2 aromatic carbocycles. The van der Waals surface area contributed by atoms with Crippen molar-refractivity contribution >= 4 is 11.6 Å². The number of rotatable bonds is 7. The van der Waals surface area contributed by atoms with E-state index in [9.17, 15) is 5.11 Å². The highest BCUT2D eigenvalue weighted by molar-refractivity contribution is 6.30. The van der Waals surface area contributed by atoms with Crippen LogP contribution in [-0.2, 0) is 0 Å². The molecule has 0 radical (unpaired) electrons. The van der Waals surface area contributed by atoms with E-state index in [0.717, 1.165) is 16.7 Å². The molecule has 5 heteroatoms. The van der Waals surface area contributed by atoms with Gasteiger partial charge in [-0.25, -0.2) is 0 Å². The highest BCUT2D eigenvalue weighted by Crippen LogP contribution is 2.33. The molecular formula is C19H24ClNO3. The van der Waals surface area contributed by atoms with Gasteiger partial charge in [-0.1, -0.05) is 23.7 Å². The van der Waals surface area contributed by atoms with Crippen LogP contribution in [-0.4, -0.2) is 25.9 Å². The van der Waals surface area contributed by atoms with Crippen molar-refractivity contribution in [1.82, 2.24) is 5.32 Å². The van der Waals surface area contributed by atoms with E-state index >= 15 is 0 Å². The van der Waals surface area contributed by atoms with Crippen LogP contribution in [0.3, 0.4) is 0 Å². The summed E-state index contributed by atoms with van der Waals surface area (Å²) in [5.41, 5.74) is 3.19. The lowest BCUT2D eigenvalue weighted by Crippen LogP contribution is -2.27. The SMILES string of the molecule is COc1cc(C)c(C(C)NC(CO)c2ccc(Cl)cc2)cc1OC. The van der Waals surface area contributed by atoms with Crippen LogP contribution < -0.4 is 14.8 Å². The minimum Gasteiger partial charge on any atom is -0.493 e. The number of aliphatic hydroxyl groups is 1. The first-order chi connectivity index (χ1) is 11.5. The zero-order valence-corrected chi connectivity index (χ0v) is 15.2. The fourth-order valence-electron chi connectivity index (χ4n) is 2.80. The molecule has 0 aliphatic rings. The molecule has 0 aliphatic carbocycles. The van der Waals surface area contributed by atoms with Gasteiger partial charge in [0, 0.05) is 11.1 Å². The third-order valence-electron chi connectivity index (χ3n) is 4.14. The number of halogens is 1. The standard InChI is InChI=1S/C19H24ClNO3/c1-12-9-18(23-3)19(24-4)10-16(12)13(2)21-17(11-22)14-5-7-15(20)8-6-14/h5-10,13,17,21-22H,11H2,1-4H3. The first kappa shape index (κ1) is 18.6. The molecule has 24 heavy (non-hydrogen) atoms. The van der Waals surface area contributed by atoms with Gasteiger partial charge in [0.25, 0.3) is 0 Å². The number of aryl methyl sites for hydroxylation is 1. The third kappa shape index (κ3) is 4.20. The second-order valence-electron chi connectivity index (χ2n) is 5.74. The molecule has 0 saturated heterocycles. The van der Waals surface area contributed by atoms with Crippen molar-refractivity contribution in [3.05, 3.63) is 58.1 Å². The molecule has 2 rings (SSSR count). The molecular weight excluding hydrogens is 326 g/mol. The van der Waals surface area contributed by atoms with Crippen LogP contribution in [0.25, 0.3) is 0 Å². The van der Waals surface area contributed by atoms with Crippen LogP contribution in [0.5, 0.6) is 11.5 Å². The van der Waals surface area contributed by atoms with Gasteiger partial charge in [-0.3, -0.25) is 0 Å². The number of aliphatic hydroxyl groups excluding tert-OH is 1. The second kappa shape index (κ2) is 8.38. The normalized spacial score (nSPS) is 13.4. The first-order valence-electron chi connectivity index (χ1n) is 7.85. The highest BCUT2D eigenvalue weighted by Gasteiger charge is 2.18. The molecule has 4 nitrogen and oxygen atoms in total. The zero-order valence-electron chi connectivity index (χ0n) is 14.5. The van der Waals surface area contributed by atoms with Crippen LogP contribution in [0.15, 0.2) is 36.4 Å². The van der Waals surface area contributed by atoms with E-state index in [4.69, 9.17) is 21.1 Å². The topological polar surface area (TPSA) is 50.7 Å². The van der Waals surface area contributed by atoms with E-state index in [1.807, 2.05) is 43.3 Å². The van der Waals surface area contributed by atoms with Crippen LogP contribution in [0.4, 0.5) is 0 Å². The summed E-state index contributed by atoms with van der Waals surface area (Å²) in [6.45, 7) is 4.09. The molecule has 0 bridgehead atoms. The smallest absolute Gasteiger partial charge is 0.161 e. The number of methoxy groups -OCH3 is 2. The van der Waals surface area contributed by atoms with Crippen LogP contribution >= 0.6 is 11.6 Å². The summed E-state index contributed by atoms with van der Waals surface area (Å²) in [5.74, 6) is 1.40. The summed E-state index contributed by atoms with van der Waals surface area (Å²) in [7, 11) is 3.25. The van der Waals surface area contributed by atoms with E-state index in [1.54, 1.807) is 14.2 Å². The minimum atomic E-state index is -0.176. The first-order valence-corrected chi connectivity index (χ1v) is 8.22. The van der Waals surface area contributed by atoms with Gasteiger partial charge < -0.3 is 19.9 Å². The van der Waals surface area contributed by atoms with Crippen molar-refractivity contribution < 1.29 is 14.6 Å². The summed E-state index contributed by atoms with van der Waals surface area (Å²) in [6, 6.07) is 11.3. The van der Waals surface area contributed by atoms with Crippen molar-refractivity contribution in [1.29, 1.82) is 0 Å². The number of hydrogen-bond acceptors (Lipinski definition) is 4. The Morgan fingerprint density at radius 1 is 1.08 bits per heavy atom. The average molecular weight is 350 g/mol. The molecule has 0 heterocycles. The summed E-state index contributed by atoms with van der Waals surface area (Å²) < 4.78 is 10.7. The summed E-state index contributed by atoms with van der Waals surface area (Å²) in [6.07, 6.45) is 0. The van der Waals surface area contributed by atoms with E-state index in [-0.39, 0.29) is 18.7 Å². The minimum absolute atomic E-state index is 0.00168. The molecule has 2 aromatic rings. The van der Waals surface area contributed by atoms with Crippen LogP contribution in [0.1, 0.15) is 35.7 Å². The van der Waals surface area contributed by atoms with Crippen molar-refractivity contribution in [2.45, 2.75) is 25.9 Å². The Balaban J connectivity index is 2.24. The zero-order chi connectivity index (χ0) is 17.7. The van der Waals surface area contributed by atoms with Gasteiger partial charge in [0.1, 0.15) is 0 Å². The molecule has 2 atom stereocenters.